The second-order valence-electron chi connectivity index (χ2n) is 4.01. The number of halogens is 3. The summed E-state index contributed by atoms with van der Waals surface area (Å²) in [6, 6.07) is 3.85. The van der Waals surface area contributed by atoms with E-state index in [2.05, 4.69) is 0 Å². The number of alkyl halides is 2. The number of rotatable bonds is 3. The van der Waals surface area contributed by atoms with E-state index in [0.29, 0.717) is 12.8 Å². The van der Waals surface area contributed by atoms with Crippen LogP contribution in [0.3, 0.4) is 0 Å². The van der Waals surface area contributed by atoms with Gasteiger partial charge >= 0.3 is 0 Å². The molecular formula is C11H11F3O. The summed E-state index contributed by atoms with van der Waals surface area (Å²) in [6.45, 7) is 0. The topological polar surface area (TPSA) is 20.2 Å². The molecule has 1 aromatic carbocycles. The summed E-state index contributed by atoms with van der Waals surface area (Å²) >= 11 is 0. The summed E-state index contributed by atoms with van der Waals surface area (Å²) in [6.07, 6.45) is -1.51. The Morgan fingerprint density at radius 2 is 2.00 bits per heavy atom. The third kappa shape index (κ3) is 2.15. The molecule has 1 aliphatic carbocycles. The maximum atomic E-state index is 13.1. The zero-order chi connectivity index (χ0) is 11.1. The average molecular weight is 216 g/mol. The van der Waals surface area contributed by atoms with E-state index in [1.54, 1.807) is 0 Å². The van der Waals surface area contributed by atoms with Crippen LogP contribution in [0.15, 0.2) is 18.2 Å². The van der Waals surface area contributed by atoms with Crippen LogP contribution in [0.1, 0.15) is 30.4 Å². The lowest BCUT2D eigenvalue weighted by Crippen LogP contribution is -2.13. The minimum atomic E-state index is -2.83. The predicted molar refractivity (Wildman–Crippen MR) is 49.2 cm³/mol. The third-order valence-corrected chi connectivity index (χ3v) is 2.71. The van der Waals surface area contributed by atoms with Crippen molar-refractivity contribution in [1.29, 1.82) is 0 Å². The summed E-state index contributed by atoms with van der Waals surface area (Å²) in [7, 11) is 0. The number of hydrogen-bond donors (Lipinski definition) is 1. The molecule has 0 spiro atoms. The Morgan fingerprint density at radius 1 is 1.33 bits per heavy atom. The Bertz CT molecular complexity index is 372. The molecule has 0 aliphatic heterocycles. The van der Waals surface area contributed by atoms with Crippen LogP contribution in [-0.4, -0.2) is 10.7 Å². The Balaban J connectivity index is 2.32. The summed E-state index contributed by atoms with van der Waals surface area (Å²) in [5.74, 6) is -0.897. The summed E-state index contributed by atoms with van der Waals surface area (Å²) in [5, 5.41) is 9.61. The quantitative estimate of drug-likeness (QED) is 0.823. The van der Waals surface area contributed by atoms with Gasteiger partial charge in [0.15, 0.2) is 0 Å². The smallest absolute Gasteiger partial charge is 0.266 e. The molecule has 0 aromatic heterocycles. The Labute approximate surface area is 85.5 Å². The van der Waals surface area contributed by atoms with E-state index >= 15 is 0 Å². The van der Waals surface area contributed by atoms with Gasteiger partial charge in [-0.05, 0) is 24.5 Å². The van der Waals surface area contributed by atoms with Crippen molar-refractivity contribution in [2.45, 2.75) is 31.3 Å². The first-order valence-electron chi connectivity index (χ1n) is 4.80. The van der Waals surface area contributed by atoms with Crippen LogP contribution < -0.4 is 0 Å². The van der Waals surface area contributed by atoms with Crippen LogP contribution >= 0.6 is 0 Å². The van der Waals surface area contributed by atoms with Gasteiger partial charge in [0, 0.05) is 6.42 Å². The minimum Gasteiger partial charge on any atom is -0.390 e. The van der Waals surface area contributed by atoms with E-state index in [4.69, 9.17) is 0 Å². The summed E-state index contributed by atoms with van der Waals surface area (Å²) in [5.41, 5.74) is -1.24. The molecule has 0 unspecified atom stereocenters. The normalized spacial score (nSPS) is 18.2. The lowest BCUT2D eigenvalue weighted by Gasteiger charge is -2.12. The molecular weight excluding hydrogens is 205 g/mol. The fraction of sp³-hybridized carbons (Fsp3) is 0.455. The van der Waals surface area contributed by atoms with Crippen LogP contribution in [0.25, 0.3) is 0 Å². The van der Waals surface area contributed by atoms with E-state index in [0.717, 1.165) is 6.07 Å². The average Bonchev–Trinajstić information content (AvgIpc) is 2.82. The molecule has 1 aliphatic rings. The van der Waals surface area contributed by atoms with Gasteiger partial charge in [-0.3, -0.25) is 0 Å². The summed E-state index contributed by atoms with van der Waals surface area (Å²) in [4.78, 5) is 0. The Morgan fingerprint density at radius 3 is 2.53 bits per heavy atom. The maximum absolute atomic E-state index is 13.1. The highest BCUT2D eigenvalue weighted by Gasteiger charge is 2.41. The third-order valence-electron chi connectivity index (χ3n) is 2.71. The molecule has 1 fully saturated rings. The molecule has 0 saturated heterocycles. The van der Waals surface area contributed by atoms with Gasteiger partial charge in [0.2, 0.25) is 0 Å². The summed E-state index contributed by atoms with van der Waals surface area (Å²) < 4.78 is 38.3. The van der Waals surface area contributed by atoms with Gasteiger partial charge in [0.05, 0.1) is 11.2 Å². The van der Waals surface area contributed by atoms with Crippen LogP contribution in [0, 0.1) is 5.82 Å². The predicted octanol–water partition coefficient (Wildman–Crippen LogP) is 2.83. The van der Waals surface area contributed by atoms with Crippen molar-refractivity contribution in [2.24, 2.45) is 0 Å². The van der Waals surface area contributed by atoms with Crippen molar-refractivity contribution in [3.8, 4) is 0 Å². The van der Waals surface area contributed by atoms with E-state index < -0.39 is 23.4 Å². The zero-order valence-electron chi connectivity index (χ0n) is 8.01. The van der Waals surface area contributed by atoms with E-state index in [9.17, 15) is 18.3 Å². The van der Waals surface area contributed by atoms with Gasteiger partial charge < -0.3 is 5.11 Å². The van der Waals surface area contributed by atoms with Crippen molar-refractivity contribution in [3.05, 3.63) is 35.1 Å². The molecule has 0 atom stereocenters. The fourth-order valence-electron chi connectivity index (χ4n) is 1.66. The van der Waals surface area contributed by atoms with Crippen LogP contribution in [0.5, 0.6) is 0 Å². The van der Waals surface area contributed by atoms with Crippen molar-refractivity contribution in [1.82, 2.24) is 0 Å². The molecule has 0 bridgehead atoms. The highest BCUT2D eigenvalue weighted by atomic mass is 19.3. The van der Waals surface area contributed by atoms with Crippen molar-refractivity contribution < 1.29 is 18.3 Å². The molecule has 1 saturated carbocycles. The Kier molecular flexibility index (Phi) is 2.46. The van der Waals surface area contributed by atoms with E-state index in [1.165, 1.54) is 12.1 Å². The molecule has 1 aromatic rings. The Hall–Kier alpha value is -1.03. The van der Waals surface area contributed by atoms with Gasteiger partial charge in [-0.2, -0.15) is 0 Å². The van der Waals surface area contributed by atoms with Crippen LogP contribution in [-0.2, 0) is 6.42 Å². The fourth-order valence-corrected chi connectivity index (χ4v) is 1.66. The van der Waals surface area contributed by atoms with Crippen molar-refractivity contribution in [2.75, 3.05) is 0 Å². The molecule has 0 amide bonds. The first-order chi connectivity index (χ1) is 7.02. The molecule has 1 N–H and O–H groups in total. The highest BCUT2D eigenvalue weighted by molar-refractivity contribution is 5.32. The van der Waals surface area contributed by atoms with Crippen molar-refractivity contribution in [3.63, 3.8) is 0 Å². The van der Waals surface area contributed by atoms with Crippen LogP contribution in [0.2, 0.25) is 0 Å². The molecule has 82 valence electrons. The van der Waals surface area contributed by atoms with E-state index in [1.807, 2.05) is 0 Å². The largest absolute Gasteiger partial charge is 0.390 e. The van der Waals surface area contributed by atoms with Gasteiger partial charge in [-0.25, -0.2) is 13.2 Å². The SMILES string of the molecule is OC1(Cc2cccc(F)c2C(F)F)CC1. The first-order valence-corrected chi connectivity index (χ1v) is 4.80. The molecule has 15 heavy (non-hydrogen) atoms. The number of benzene rings is 1. The molecule has 0 radical (unpaired) electrons. The lowest BCUT2D eigenvalue weighted by molar-refractivity contribution is 0.135. The minimum absolute atomic E-state index is 0.116. The lowest BCUT2D eigenvalue weighted by atomic mass is 10.0. The molecule has 4 heteroatoms. The molecule has 2 rings (SSSR count). The van der Waals surface area contributed by atoms with Gasteiger partial charge in [0.25, 0.3) is 6.43 Å². The second-order valence-corrected chi connectivity index (χ2v) is 4.01. The standard InChI is InChI=1S/C11H11F3O/c12-8-3-1-2-7(9(8)10(13)14)6-11(15)4-5-11/h1-3,10,15H,4-6H2. The highest BCUT2D eigenvalue weighted by Crippen LogP contribution is 2.40. The first kappa shape index (κ1) is 10.5. The zero-order valence-corrected chi connectivity index (χ0v) is 8.01. The molecule has 1 nitrogen and oxygen atoms in total. The van der Waals surface area contributed by atoms with Crippen molar-refractivity contribution >= 4 is 0 Å². The number of aliphatic hydroxyl groups is 1. The van der Waals surface area contributed by atoms with Gasteiger partial charge in [0.1, 0.15) is 5.82 Å². The monoisotopic (exact) mass is 216 g/mol. The number of hydrogen-bond acceptors (Lipinski definition) is 1. The second kappa shape index (κ2) is 3.52. The van der Waals surface area contributed by atoms with Crippen LogP contribution in [0.4, 0.5) is 13.2 Å². The molecule has 0 heterocycles. The van der Waals surface area contributed by atoms with Gasteiger partial charge in [-0.15, -0.1) is 0 Å². The van der Waals surface area contributed by atoms with E-state index in [-0.39, 0.29) is 12.0 Å². The van der Waals surface area contributed by atoms with Gasteiger partial charge in [-0.1, -0.05) is 12.1 Å². The maximum Gasteiger partial charge on any atom is 0.266 e.